The number of hydrogen-bond acceptors (Lipinski definition) is 7. The minimum atomic E-state index is -0.401. The molecule has 1 saturated heterocycles. The fraction of sp³-hybridized carbons (Fsp3) is 0.333. The van der Waals surface area contributed by atoms with Crippen molar-refractivity contribution in [1.82, 2.24) is 9.88 Å². The Balaban J connectivity index is 1.24. The molecule has 1 fully saturated rings. The third-order valence-electron chi connectivity index (χ3n) is 5.09. The summed E-state index contributed by atoms with van der Waals surface area (Å²) in [5.41, 5.74) is 0.818. The zero-order valence-electron chi connectivity index (χ0n) is 16.7. The van der Waals surface area contributed by atoms with Crippen molar-refractivity contribution in [3.05, 3.63) is 58.4 Å². The Morgan fingerprint density at radius 3 is 2.61 bits per heavy atom. The fourth-order valence-electron chi connectivity index (χ4n) is 3.40. The van der Waals surface area contributed by atoms with E-state index < -0.39 is 4.92 Å². The SMILES string of the molecule is O=C(CCCSc1ccc(F)cc1)N1CCN(c2nc3ccc([N+](=O)[O-])cc3s2)CC1. The molecule has 31 heavy (non-hydrogen) atoms. The molecule has 2 aromatic carbocycles. The van der Waals surface area contributed by atoms with Crippen molar-refractivity contribution in [3.63, 3.8) is 0 Å². The van der Waals surface area contributed by atoms with E-state index in [1.54, 1.807) is 36.0 Å². The van der Waals surface area contributed by atoms with Gasteiger partial charge in [-0.05, 0) is 42.5 Å². The Kier molecular flexibility index (Phi) is 6.67. The number of fused-ring (bicyclic) bond motifs is 1. The Morgan fingerprint density at radius 1 is 1.16 bits per heavy atom. The Bertz CT molecular complexity index is 1080. The largest absolute Gasteiger partial charge is 0.345 e. The van der Waals surface area contributed by atoms with E-state index in [0.717, 1.165) is 32.4 Å². The van der Waals surface area contributed by atoms with E-state index in [1.807, 2.05) is 4.90 Å². The highest BCUT2D eigenvalue weighted by molar-refractivity contribution is 7.99. The van der Waals surface area contributed by atoms with E-state index in [1.165, 1.54) is 29.5 Å². The molecule has 7 nitrogen and oxygen atoms in total. The summed E-state index contributed by atoms with van der Waals surface area (Å²) >= 11 is 3.07. The van der Waals surface area contributed by atoms with Crippen LogP contribution < -0.4 is 4.90 Å². The van der Waals surface area contributed by atoms with Crippen LogP contribution in [0.4, 0.5) is 15.2 Å². The molecular formula is C21H21FN4O3S2. The number of rotatable bonds is 7. The van der Waals surface area contributed by atoms with Gasteiger partial charge in [0.05, 0.1) is 15.1 Å². The van der Waals surface area contributed by atoms with Gasteiger partial charge in [-0.1, -0.05) is 11.3 Å². The van der Waals surface area contributed by atoms with Crippen molar-refractivity contribution < 1.29 is 14.1 Å². The zero-order chi connectivity index (χ0) is 21.8. The Hall–Kier alpha value is -2.72. The van der Waals surface area contributed by atoms with E-state index in [9.17, 15) is 19.3 Å². The van der Waals surface area contributed by atoms with Crippen LogP contribution in [0.3, 0.4) is 0 Å². The number of amides is 1. The predicted molar refractivity (Wildman–Crippen MR) is 121 cm³/mol. The lowest BCUT2D eigenvalue weighted by molar-refractivity contribution is -0.384. The number of thioether (sulfide) groups is 1. The molecule has 0 radical (unpaired) electrons. The molecule has 3 aromatic rings. The topological polar surface area (TPSA) is 79.6 Å². The molecule has 1 aliphatic rings. The molecule has 1 aromatic heterocycles. The summed E-state index contributed by atoms with van der Waals surface area (Å²) in [4.78, 5) is 32.7. The highest BCUT2D eigenvalue weighted by atomic mass is 32.2. The maximum atomic E-state index is 12.9. The molecule has 0 atom stereocenters. The van der Waals surface area contributed by atoms with Crippen molar-refractivity contribution in [2.45, 2.75) is 17.7 Å². The number of nitro groups is 1. The number of halogens is 1. The first-order valence-electron chi connectivity index (χ1n) is 9.96. The summed E-state index contributed by atoms with van der Waals surface area (Å²) in [6, 6.07) is 11.1. The maximum absolute atomic E-state index is 12.9. The van der Waals surface area contributed by atoms with Crippen LogP contribution in [0, 0.1) is 15.9 Å². The van der Waals surface area contributed by atoms with Crippen LogP contribution in [-0.2, 0) is 4.79 Å². The normalized spacial score (nSPS) is 14.2. The fourth-order valence-corrected chi connectivity index (χ4v) is 5.30. The van der Waals surface area contributed by atoms with Crippen LogP contribution in [0.5, 0.6) is 0 Å². The van der Waals surface area contributed by atoms with Crippen LogP contribution in [0.1, 0.15) is 12.8 Å². The maximum Gasteiger partial charge on any atom is 0.270 e. The van der Waals surface area contributed by atoms with Gasteiger partial charge >= 0.3 is 0 Å². The number of thiazole rings is 1. The molecule has 1 aliphatic heterocycles. The van der Waals surface area contributed by atoms with Crippen molar-refractivity contribution in [3.8, 4) is 0 Å². The monoisotopic (exact) mass is 460 g/mol. The van der Waals surface area contributed by atoms with Gasteiger partial charge < -0.3 is 9.80 Å². The van der Waals surface area contributed by atoms with Crippen LogP contribution >= 0.6 is 23.1 Å². The van der Waals surface area contributed by atoms with Crippen LogP contribution in [0.25, 0.3) is 10.2 Å². The van der Waals surface area contributed by atoms with Gasteiger partial charge in [0.15, 0.2) is 5.13 Å². The number of piperazine rings is 1. The second kappa shape index (κ2) is 9.61. The van der Waals surface area contributed by atoms with Gasteiger partial charge in [-0.25, -0.2) is 9.37 Å². The minimum Gasteiger partial charge on any atom is -0.345 e. The number of carbonyl (C=O) groups excluding carboxylic acids is 1. The Morgan fingerprint density at radius 2 is 1.90 bits per heavy atom. The van der Waals surface area contributed by atoms with Gasteiger partial charge in [0.25, 0.3) is 5.69 Å². The number of benzene rings is 2. The van der Waals surface area contributed by atoms with E-state index in [-0.39, 0.29) is 17.4 Å². The van der Waals surface area contributed by atoms with E-state index in [0.29, 0.717) is 32.6 Å². The summed E-state index contributed by atoms with van der Waals surface area (Å²) in [7, 11) is 0. The molecule has 10 heteroatoms. The lowest BCUT2D eigenvalue weighted by Gasteiger charge is -2.34. The molecule has 0 aliphatic carbocycles. The van der Waals surface area contributed by atoms with Crippen LogP contribution in [0.15, 0.2) is 47.4 Å². The van der Waals surface area contributed by atoms with Crippen molar-refractivity contribution in [2.75, 3.05) is 36.8 Å². The molecule has 0 N–H and O–H groups in total. The average molecular weight is 461 g/mol. The van der Waals surface area contributed by atoms with Gasteiger partial charge in [0, 0.05) is 49.6 Å². The van der Waals surface area contributed by atoms with Gasteiger partial charge in [-0.3, -0.25) is 14.9 Å². The van der Waals surface area contributed by atoms with Crippen molar-refractivity contribution in [2.24, 2.45) is 0 Å². The van der Waals surface area contributed by atoms with Gasteiger partial charge in [0.1, 0.15) is 5.82 Å². The number of aromatic nitrogens is 1. The second-order valence-corrected chi connectivity index (χ2v) is 9.36. The summed E-state index contributed by atoms with van der Waals surface area (Å²) in [5.74, 6) is 0.722. The first-order chi connectivity index (χ1) is 15.0. The van der Waals surface area contributed by atoms with Gasteiger partial charge in [0.2, 0.25) is 5.91 Å². The summed E-state index contributed by atoms with van der Waals surface area (Å²) < 4.78 is 13.7. The lowest BCUT2D eigenvalue weighted by atomic mass is 10.2. The summed E-state index contributed by atoms with van der Waals surface area (Å²) in [6.45, 7) is 2.66. The third kappa shape index (κ3) is 5.31. The molecule has 0 saturated carbocycles. The molecule has 0 unspecified atom stereocenters. The smallest absolute Gasteiger partial charge is 0.270 e. The number of anilines is 1. The standard InChI is InChI=1S/C21H21FN4O3S2/c22-15-3-6-17(7-4-15)30-13-1-2-20(27)24-9-11-25(12-10-24)21-23-18-8-5-16(26(28)29)14-19(18)31-21/h3-8,14H,1-2,9-13H2. The molecule has 0 bridgehead atoms. The zero-order valence-corrected chi connectivity index (χ0v) is 18.3. The van der Waals surface area contributed by atoms with Gasteiger partial charge in [-0.15, -0.1) is 11.8 Å². The van der Waals surface area contributed by atoms with Crippen LogP contribution in [-0.4, -0.2) is 52.6 Å². The average Bonchev–Trinajstić information content (AvgIpc) is 3.21. The van der Waals surface area contributed by atoms with E-state index in [4.69, 9.17) is 0 Å². The van der Waals surface area contributed by atoms with E-state index >= 15 is 0 Å². The first kappa shape index (κ1) is 21.5. The third-order valence-corrected chi connectivity index (χ3v) is 7.27. The predicted octanol–water partition coefficient (Wildman–Crippen LogP) is 4.56. The second-order valence-electron chi connectivity index (χ2n) is 7.18. The molecular weight excluding hydrogens is 439 g/mol. The molecule has 1 amide bonds. The number of nitrogens with zero attached hydrogens (tertiary/aromatic N) is 4. The molecule has 2 heterocycles. The quantitative estimate of drug-likeness (QED) is 0.223. The Labute approximate surface area is 187 Å². The highest BCUT2D eigenvalue weighted by Crippen LogP contribution is 2.32. The lowest BCUT2D eigenvalue weighted by Crippen LogP contribution is -2.48. The number of carbonyl (C=O) groups is 1. The number of hydrogen-bond donors (Lipinski definition) is 0. The number of nitro benzene ring substituents is 1. The first-order valence-corrected chi connectivity index (χ1v) is 11.8. The molecule has 0 spiro atoms. The van der Waals surface area contributed by atoms with E-state index in [2.05, 4.69) is 9.88 Å². The van der Waals surface area contributed by atoms with Crippen LogP contribution in [0.2, 0.25) is 0 Å². The van der Waals surface area contributed by atoms with Crippen molar-refractivity contribution in [1.29, 1.82) is 0 Å². The number of non-ortho nitro benzene ring substituents is 1. The summed E-state index contributed by atoms with van der Waals surface area (Å²) in [6.07, 6.45) is 1.27. The van der Waals surface area contributed by atoms with Gasteiger partial charge in [-0.2, -0.15) is 0 Å². The highest BCUT2D eigenvalue weighted by Gasteiger charge is 2.23. The minimum absolute atomic E-state index is 0.0655. The summed E-state index contributed by atoms with van der Waals surface area (Å²) in [5, 5.41) is 11.8. The van der Waals surface area contributed by atoms with Crippen molar-refractivity contribution >= 4 is 50.0 Å². The molecule has 4 rings (SSSR count). The molecule has 162 valence electrons.